The lowest BCUT2D eigenvalue weighted by atomic mass is 10.0. The van der Waals surface area contributed by atoms with E-state index >= 15 is 0 Å². The molecule has 0 bridgehead atoms. The Morgan fingerprint density at radius 1 is 1.46 bits per heavy atom. The largest absolute Gasteiger partial charge is 0.726 e. The minimum Gasteiger partial charge on any atom is -0.726 e. The molecule has 0 aliphatic carbocycles. The number of hydrogen-bond acceptors (Lipinski definition) is 12. The highest BCUT2D eigenvalue weighted by Crippen LogP contribution is 2.41. The molecule has 18 heteroatoms. The number of β-lactam (4-membered cyclic amide) rings is 1. The average Bonchev–Trinajstić information content (AvgIpc) is 3.49. The van der Waals surface area contributed by atoms with Crippen molar-refractivity contribution in [2.45, 2.75) is 24.3 Å². The number of oxime groups is 1. The van der Waals surface area contributed by atoms with Crippen molar-refractivity contribution in [3.05, 3.63) is 22.3 Å². The predicted octanol–water partition coefficient (Wildman–Crippen LogP) is -0.941. The Morgan fingerprint density at radius 3 is 2.62 bits per heavy atom. The van der Waals surface area contributed by atoms with Gasteiger partial charge in [0.1, 0.15) is 36.5 Å². The van der Waals surface area contributed by atoms with Gasteiger partial charge >= 0.3 is 5.97 Å². The van der Waals surface area contributed by atoms with Crippen LogP contribution in [0.3, 0.4) is 0 Å². The number of carboxylic acid groups (broad SMARTS) is 1. The van der Waals surface area contributed by atoms with Crippen molar-refractivity contribution in [3.63, 3.8) is 0 Å². The lowest BCUT2D eigenvalue weighted by Crippen LogP contribution is -2.71. The van der Waals surface area contributed by atoms with Crippen molar-refractivity contribution in [2.75, 3.05) is 45.2 Å². The van der Waals surface area contributed by atoms with Crippen LogP contribution in [0.4, 0.5) is 5.13 Å². The van der Waals surface area contributed by atoms with E-state index in [1.807, 2.05) is 0 Å². The predicted molar refractivity (Wildman–Crippen MR) is 132 cm³/mol. The number of likely N-dealkylation sites (tertiary alicyclic amines) is 1. The number of nitrogens with two attached hydrogens (primary N) is 1. The number of amides is 2. The van der Waals surface area contributed by atoms with Gasteiger partial charge in [0.05, 0.1) is 24.2 Å². The Labute approximate surface area is 224 Å². The van der Waals surface area contributed by atoms with Crippen LogP contribution >= 0.6 is 23.1 Å². The molecule has 0 saturated carbocycles. The zero-order valence-electron chi connectivity index (χ0n) is 22.3. The molecular weight excluding hydrogens is 552 g/mol. The summed E-state index contributed by atoms with van der Waals surface area (Å²) in [5.74, 6) is -2.38. The number of thioether (sulfide) groups is 1. The van der Waals surface area contributed by atoms with E-state index in [1.54, 1.807) is 0 Å². The molecule has 0 unspecified atom stereocenters. The van der Waals surface area contributed by atoms with Gasteiger partial charge in [-0.15, -0.1) is 23.1 Å². The van der Waals surface area contributed by atoms with Crippen LogP contribution in [0.5, 0.6) is 0 Å². The molecule has 2 saturated heterocycles. The molecule has 0 radical (unpaired) electrons. The number of fused-ring (bicyclic) bond motifs is 1. The number of nitrogen functional groups attached to an aromatic ring is 1. The molecule has 3 aliphatic rings. The Bertz CT molecular complexity index is 1330. The summed E-state index contributed by atoms with van der Waals surface area (Å²) in [4.78, 5) is 47.9. The van der Waals surface area contributed by atoms with Crippen LogP contribution in [0.1, 0.15) is 22.6 Å². The summed E-state index contributed by atoms with van der Waals surface area (Å²) in [7, 11) is -3.66. The number of likely N-dealkylation sites (N-methyl/N-ethyl adjacent to an activating group) is 1. The normalized spacial score (nSPS) is 24.5. The third-order valence-electron chi connectivity index (χ3n) is 5.61. The number of thiazole rings is 1. The molecule has 0 aromatic carbocycles. The second-order valence-corrected chi connectivity index (χ2v) is 11.0. The highest BCUT2D eigenvalue weighted by Gasteiger charge is 2.55. The number of nitrogens with one attached hydrogen (secondary N) is 1. The fourth-order valence-electron chi connectivity index (χ4n) is 4.17. The highest BCUT2D eigenvalue weighted by atomic mass is 32.3. The van der Waals surface area contributed by atoms with Crippen LogP contribution in [0.2, 0.25) is 0 Å². The Hall–Kier alpha value is -2.77. The summed E-state index contributed by atoms with van der Waals surface area (Å²) in [6.07, 6.45) is 1.49. The molecule has 4 heterocycles. The van der Waals surface area contributed by atoms with E-state index < -0.39 is 46.6 Å². The zero-order chi connectivity index (χ0) is 30.0. The number of hydrogen-bond donors (Lipinski definition) is 4. The zero-order valence-corrected chi connectivity index (χ0v) is 21.8. The maximum atomic E-state index is 13.0. The summed E-state index contributed by atoms with van der Waals surface area (Å²) >= 11 is 2.39. The van der Waals surface area contributed by atoms with Crippen molar-refractivity contribution in [1.82, 2.24) is 15.2 Å². The molecule has 5 N–H and O–H groups in total. The summed E-state index contributed by atoms with van der Waals surface area (Å²) in [5, 5.41) is 17.3. The van der Waals surface area contributed by atoms with Crippen LogP contribution < -0.4 is 11.1 Å². The Kier molecular flexibility index (Phi) is 7.51. The van der Waals surface area contributed by atoms with E-state index in [-0.39, 0.29) is 39.0 Å². The molecule has 2 amide bonds. The smallest absolute Gasteiger partial charge is 0.352 e. The number of aromatic nitrogens is 1. The highest BCUT2D eigenvalue weighted by molar-refractivity contribution is 8.00. The van der Waals surface area contributed by atoms with Gasteiger partial charge in [-0.3, -0.25) is 19.0 Å². The molecule has 3 aliphatic heterocycles. The first-order chi connectivity index (χ1) is 18.5. The maximum absolute atomic E-state index is 13.0. The number of carbonyl (C=O) groups is 3. The molecule has 2 fully saturated rings. The number of rotatable bonds is 7. The molecule has 2 atom stereocenters. The van der Waals surface area contributed by atoms with Crippen LogP contribution in [0.25, 0.3) is 0 Å². The number of nitrogens with zero attached hydrogens (tertiary/aromatic N) is 4. The molecular formula is C19H26N6O9S3. The van der Waals surface area contributed by atoms with E-state index in [1.165, 1.54) is 24.3 Å². The maximum Gasteiger partial charge on any atom is 0.352 e. The lowest BCUT2D eigenvalue weighted by molar-refractivity contribution is -0.893. The molecule has 0 spiro atoms. The monoisotopic (exact) mass is 581 g/mol. The van der Waals surface area contributed by atoms with Crippen LogP contribution in [0, 0.1) is 0 Å². The standard InChI is InChI=1S/C19H24N6O5S2.H2O4S/c1-25(5-3-4-6-25)7-10-8-31-17-13(16(27)24(17)14(10)18(28)29)22-15(26)12(23-30-2)11-9-32-19(20)21-11;1-5(2,3)4/h9,13,17H,3-8H2,1-2H3,(H3-,20,21,22,26,28,29);(H2,1,2,3,4)/b23-12-;/t13-,17-;/m1./s1/i1D3;. The summed E-state index contributed by atoms with van der Waals surface area (Å²) < 4.78 is 56.7. The van der Waals surface area contributed by atoms with E-state index in [0.29, 0.717) is 18.7 Å². The van der Waals surface area contributed by atoms with E-state index in [9.17, 15) is 19.5 Å². The summed E-state index contributed by atoms with van der Waals surface area (Å²) in [5.41, 5.74) is 5.86. The molecule has 1 aromatic rings. The fraction of sp³-hybridized carbons (Fsp3) is 0.526. The number of anilines is 1. The summed E-state index contributed by atoms with van der Waals surface area (Å²) in [6.45, 7) is -1.40. The van der Waals surface area contributed by atoms with Crippen LogP contribution in [-0.2, 0) is 29.6 Å². The van der Waals surface area contributed by atoms with Gasteiger partial charge in [0.15, 0.2) is 10.8 Å². The molecule has 204 valence electrons. The second-order valence-electron chi connectivity index (χ2n) is 8.20. The van der Waals surface area contributed by atoms with Gasteiger partial charge in [0.25, 0.3) is 11.8 Å². The van der Waals surface area contributed by atoms with E-state index in [4.69, 9.17) is 32.2 Å². The quantitative estimate of drug-likeness (QED) is 0.0764. The summed E-state index contributed by atoms with van der Waals surface area (Å²) in [6, 6.07) is -0.987. The number of aliphatic carboxylic acids is 1. The van der Waals surface area contributed by atoms with Crippen molar-refractivity contribution in [3.8, 4) is 0 Å². The lowest BCUT2D eigenvalue weighted by Gasteiger charge is -2.49. The third-order valence-corrected chi connectivity index (χ3v) is 7.63. The van der Waals surface area contributed by atoms with E-state index in [0.717, 1.165) is 29.1 Å². The molecule has 4 rings (SSSR count). The SMILES string of the molecule is O=S(=O)([O-])O.[2H]C([2H])([2H])[N+]1(CC2=C(C(=O)O)N3C(=O)[C@@H](NC(=O)/C(=N\OC)c4csc(N)n4)[C@H]3SC2)CCCC1. The van der Waals surface area contributed by atoms with E-state index in [2.05, 4.69) is 15.5 Å². The van der Waals surface area contributed by atoms with Gasteiger partial charge in [0.2, 0.25) is 10.4 Å². The van der Waals surface area contributed by atoms with Crippen molar-refractivity contribution in [1.29, 1.82) is 0 Å². The Balaban J connectivity index is 0.000000810. The average molecular weight is 582 g/mol. The van der Waals surface area contributed by atoms with Gasteiger partial charge < -0.3 is 30.0 Å². The minimum absolute atomic E-state index is 0.0363. The van der Waals surface area contributed by atoms with Crippen molar-refractivity contribution < 1.29 is 50.4 Å². The van der Waals surface area contributed by atoms with Crippen LogP contribution in [0.15, 0.2) is 21.8 Å². The van der Waals surface area contributed by atoms with Gasteiger partial charge in [-0.25, -0.2) is 18.2 Å². The fourth-order valence-corrected chi connectivity index (χ4v) is 6.05. The van der Waals surface area contributed by atoms with Crippen molar-refractivity contribution in [2.24, 2.45) is 5.16 Å². The minimum atomic E-state index is -4.92. The first kappa shape index (κ1) is 24.6. The first-order valence-corrected chi connectivity index (χ1v) is 13.9. The number of carbonyl (C=O) groups excluding carboxylic acids is 2. The first-order valence-electron chi connectivity index (χ1n) is 12.1. The van der Waals surface area contributed by atoms with Gasteiger partial charge in [-0.05, 0) is 0 Å². The second kappa shape index (κ2) is 11.3. The Morgan fingerprint density at radius 2 is 2.11 bits per heavy atom. The van der Waals surface area contributed by atoms with Gasteiger partial charge in [-0.2, -0.15) is 0 Å². The van der Waals surface area contributed by atoms with Gasteiger partial charge in [0, 0.05) is 29.5 Å². The van der Waals surface area contributed by atoms with Gasteiger partial charge in [-0.1, -0.05) is 5.16 Å². The molecule has 37 heavy (non-hydrogen) atoms. The topological polar surface area (TPSA) is 225 Å². The van der Waals surface area contributed by atoms with Crippen molar-refractivity contribution >= 4 is 62.1 Å². The molecule has 1 aromatic heterocycles. The van der Waals surface area contributed by atoms with Crippen LogP contribution in [-0.4, -0.2) is 111 Å². The number of carboxylic acids is 1. The number of quaternary nitrogens is 1. The molecule has 15 nitrogen and oxygen atoms in total. The third kappa shape index (κ3) is 6.96.